The number of aryl methyl sites for hydroxylation is 1. The second-order valence-corrected chi connectivity index (χ2v) is 5.51. The fourth-order valence-corrected chi connectivity index (χ4v) is 3.58. The van der Waals surface area contributed by atoms with Gasteiger partial charge in [0, 0.05) is 17.4 Å². The molecule has 1 aliphatic heterocycles. The van der Waals surface area contributed by atoms with E-state index in [1.54, 1.807) is 11.3 Å². The van der Waals surface area contributed by atoms with Crippen LogP contribution in [-0.4, -0.2) is 13.2 Å². The molecule has 0 amide bonds. The number of rotatable bonds is 3. The molecule has 2 unspecified atom stereocenters. The number of hydrazine groups is 1. The molecule has 1 fully saturated rings. The number of hydrogen-bond acceptors (Lipinski definition) is 4. The monoisotopic (exact) mass is 260 g/mol. The lowest BCUT2D eigenvalue weighted by molar-refractivity contribution is 0.0395. The fraction of sp³-hybridized carbons (Fsp3) is 0.636. The first kappa shape index (κ1) is 12.3. The van der Waals surface area contributed by atoms with Gasteiger partial charge in [0.15, 0.2) is 0 Å². The third-order valence-corrected chi connectivity index (χ3v) is 4.85. The standard InChI is InChI=1S/C11H17ClN2OS/c1-7-6-16-11(9(7)12)10(14-13)8-3-2-4-15-5-8/h6,8,10,14H,2-5,13H2,1H3. The Kier molecular flexibility index (Phi) is 4.21. The molecule has 0 saturated carbocycles. The predicted octanol–water partition coefficient (Wildman–Crippen LogP) is 2.64. The average molecular weight is 261 g/mol. The van der Waals surface area contributed by atoms with Crippen LogP contribution in [0, 0.1) is 12.8 Å². The van der Waals surface area contributed by atoms with Crippen LogP contribution in [-0.2, 0) is 4.74 Å². The lowest BCUT2D eigenvalue weighted by Gasteiger charge is -2.29. The molecule has 2 atom stereocenters. The summed E-state index contributed by atoms with van der Waals surface area (Å²) in [6.07, 6.45) is 2.24. The molecule has 0 aromatic carbocycles. The molecule has 2 heterocycles. The Balaban J connectivity index is 2.18. The molecule has 0 spiro atoms. The Labute approximate surface area is 105 Å². The highest BCUT2D eigenvalue weighted by Crippen LogP contribution is 2.37. The number of hydrogen-bond donors (Lipinski definition) is 2. The summed E-state index contributed by atoms with van der Waals surface area (Å²) in [6, 6.07) is 0.117. The van der Waals surface area contributed by atoms with Gasteiger partial charge in [-0.05, 0) is 30.7 Å². The second-order valence-electron chi connectivity index (χ2n) is 4.22. The van der Waals surface area contributed by atoms with Gasteiger partial charge in [-0.1, -0.05) is 11.6 Å². The molecule has 16 heavy (non-hydrogen) atoms. The van der Waals surface area contributed by atoms with Crippen molar-refractivity contribution in [3.05, 3.63) is 20.8 Å². The number of thiophene rings is 1. The maximum absolute atomic E-state index is 6.28. The summed E-state index contributed by atoms with van der Waals surface area (Å²) >= 11 is 7.95. The van der Waals surface area contributed by atoms with Gasteiger partial charge in [-0.2, -0.15) is 0 Å². The van der Waals surface area contributed by atoms with Crippen molar-refractivity contribution in [2.24, 2.45) is 11.8 Å². The first-order chi connectivity index (χ1) is 7.74. The molecule has 1 aromatic heterocycles. The van der Waals surface area contributed by atoms with Crippen LogP contribution in [0.25, 0.3) is 0 Å². The van der Waals surface area contributed by atoms with Gasteiger partial charge in [0.1, 0.15) is 0 Å². The van der Waals surface area contributed by atoms with E-state index in [4.69, 9.17) is 22.2 Å². The molecule has 1 aliphatic rings. The predicted molar refractivity (Wildman–Crippen MR) is 67.7 cm³/mol. The molecular weight excluding hydrogens is 244 g/mol. The Morgan fingerprint density at radius 1 is 1.69 bits per heavy atom. The van der Waals surface area contributed by atoms with Crippen molar-refractivity contribution in [2.75, 3.05) is 13.2 Å². The zero-order valence-corrected chi connectivity index (χ0v) is 10.9. The highest BCUT2D eigenvalue weighted by atomic mass is 35.5. The van der Waals surface area contributed by atoms with Gasteiger partial charge in [0.25, 0.3) is 0 Å². The summed E-state index contributed by atoms with van der Waals surface area (Å²) in [5.74, 6) is 6.08. The van der Waals surface area contributed by atoms with Crippen LogP contribution < -0.4 is 11.3 Å². The molecule has 1 aromatic rings. The normalized spacial score (nSPS) is 23.3. The highest BCUT2D eigenvalue weighted by molar-refractivity contribution is 7.10. The van der Waals surface area contributed by atoms with E-state index in [0.717, 1.165) is 41.5 Å². The minimum absolute atomic E-state index is 0.117. The van der Waals surface area contributed by atoms with E-state index in [1.807, 2.05) is 6.92 Å². The first-order valence-corrected chi connectivity index (χ1v) is 6.77. The maximum atomic E-state index is 6.28. The first-order valence-electron chi connectivity index (χ1n) is 5.51. The third kappa shape index (κ3) is 2.41. The van der Waals surface area contributed by atoms with E-state index in [2.05, 4.69) is 10.8 Å². The molecule has 2 rings (SSSR count). The third-order valence-electron chi connectivity index (χ3n) is 3.05. The zero-order valence-electron chi connectivity index (χ0n) is 9.33. The van der Waals surface area contributed by atoms with E-state index in [1.165, 1.54) is 0 Å². The molecule has 3 nitrogen and oxygen atoms in total. The lowest BCUT2D eigenvalue weighted by atomic mass is 9.93. The number of ether oxygens (including phenoxy) is 1. The van der Waals surface area contributed by atoms with Crippen LogP contribution in [0.15, 0.2) is 5.38 Å². The number of nitrogens with two attached hydrogens (primary N) is 1. The molecule has 0 radical (unpaired) electrons. The smallest absolute Gasteiger partial charge is 0.0618 e. The maximum Gasteiger partial charge on any atom is 0.0618 e. The van der Waals surface area contributed by atoms with E-state index in [9.17, 15) is 0 Å². The lowest BCUT2D eigenvalue weighted by Crippen LogP contribution is -2.36. The van der Waals surface area contributed by atoms with Crippen molar-refractivity contribution >= 4 is 22.9 Å². The topological polar surface area (TPSA) is 47.3 Å². The van der Waals surface area contributed by atoms with E-state index in [-0.39, 0.29) is 6.04 Å². The average Bonchev–Trinajstić information content (AvgIpc) is 2.64. The van der Waals surface area contributed by atoms with Crippen molar-refractivity contribution < 1.29 is 4.74 Å². The Bertz CT molecular complexity index is 350. The summed E-state index contributed by atoms with van der Waals surface area (Å²) in [6.45, 7) is 3.65. The fourth-order valence-electron chi connectivity index (χ4n) is 2.11. The molecule has 0 aliphatic carbocycles. The molecule has 90 valence electrons. The van der Waals surface area contributed by atoms with Crippen LogP contribution >= 0.6 is 22.9 Å². The molecule has 3 N–H and O–H groups in total. The highest BCUT2D eigenvalue weighted by Gasteiger charge is 2.27. The summed E-state index contributed by atoms with van der Waals surface area (Å²) in [5, 5.41) is 2.92. The Morgan fingerprint density at radius 3 is 3.00 bits per heavy atom. The van der Waals surface area contributed by atoms with E-state index < -0.39 is 0 Å². The largest absolute Gasteiger partial charge is 0.381 e. The quantitative estimate of drug-likeness (QED) is 0.649. The Morgan fingerprint density at radius 2 is 2.50 bits per heavy atom. The van der Waals surface area contributed by atoms with Gasteiger partial charge in [-0.25, -0.2) is 0 Å². The van der Waals surface area contributed by atoms with E-state index in [0.29, 0.717) is 5.92 Å². The van der Waals surface area contributed by atoms with Crippen molar-refractivity contribution in [1.82, 2.24) is 5.43 Å². The Hall–Kier alpha value is -0.130. The van der Waals surface area contributed by atoms with Crippen molar-refractivity contribution in [2.45, 2.75) is 25.8 Å². The van der Waals surface area contributed by atoms with Gasteiger partial charge in [-0.15, -0.1) is 11.3 Å². The summed E-state index contributed by atoms with van der Waals surface area (Å²) in [7, 11) is 0. The van der Waals surface area contributed by atoms with Crippen LogP contribution in [0.3, 0.4) is 0 Å². The van der Waals surface area contributed by atoms with Crippen LogP contribution in [0.4, 0.5) is 0 Å². The van der Waals surface area contributed by atoms with Crippen molar-refractivity contribution in [3.8, 4) is 0 Å². The van der Waals surface area contributed by atoms with Crippen molar-refractivity contribution in [3.63, 3.8) is 0 Å². The van der Waals surface area contributed by atoms with Gasteiger partial charge in [0.05, 0.1) is 17.7 Å². The number of nitrogens with one attached hydrogen (secondary N) is 1. The van der Waals surface area contributed by atoms with E-state index >= 15 is 0 Å². The summed E-state index contributed by atoms with van der Waals surface area (Å²) in [5.41, 5.74) is 4.01. The van der Waals surface area contributed by atoms with Gasteiger partial charge >= 0.3 is 0 Å². The minimum Gasteiger partial charge on any atom is -0.381 e. The van der Waals surface area contributed by atoms with Crippen LogP contribution in [0.1, 0.15) is 29.3 Å². The van der Waals surface area contributed by atoms with Gasteiger partial charge in [-0.3, -0.25) is 11.3 Å². The van der Waals surface area contributed by atoms with Gasteiger partial charge < -0.3 is 4.74 Å². The summed E-state index contributed by atoms with van der Waals surface area (Å²) < 4.78 is 5.50. The van der Waals surface area contributed by atoms with Crippen LogP contribution in [0.2, 0.25) is 5.02 Å². The SMILES string of the molecule is Cc1csc(C(NN)C2CCCOC2)c1Cl. The molecule has 5 heteroatoms. The van der Waals surface area contributed by atoms with Gasteiger partial charge in [0.2, 0.25) is 0 Å². The summed E-state index contributed by atoms with van der Waals surface area (Å²) in [4.78, 5) is 1.14. The van der Waals surface area contributed by atoms with Crippen molar-refractivity contribution in [1.29, 1.82) is 0 Å². The second kappa shape index (κ2) is 5.47. The van der Waals surface area contributed by atoms with Crippen LogP contribution in [0.5, 0.6) is 0 Å². The zero-order chi connectivity index (χ0) is 11.5. The minimum atomic E-state index is 0.117. The molecule has 1 saturated heterocycles. The number of halogens is 1. The molecule has 0 bridgehead atoms. The molecular formula is C11H17ClN2OS.